The number of carbonyl (C=O) groups excluding carboxylic acids is 2. The molecule has 0 atom stereocenters. The van der Waals surface area contributed by atoms with Gasteiger partial charge in [0.2, 0.25) is 17.8 Å². The zero-order valence-corrected chi connectivity index (χ0v) is 23.1. The molecule has 3 N–H and O–H groups in total. The number of carbonyl (C=O) groups is 2. The largest absolute Gasteiger partial charge is 0.449 e. The SMILES string of the molecule is CC(=O)N1CCCN(c2cc(-n3nc(Nc4ccc(N(C)C(=O)OCC(C)(C)C)cc4)nc3N)ncn2)CC1. The van der Waals surface area contributed by atoms with Crippen LogP contribution in [-0.4, -0.2) is 81.5 Å². The molecule has 0 radical (unpaired) electrons. The van der Waals surface area contributed by atoms with Crippen LogP contribution in [0.15, 0.2) is 36.7 Å². The zero-order chi connectivity index (χ0) is 28.2. The first-order valence-electron chi connectivity index (χ1n) is 12.8. The van der Waals surface area contributed by atoms with Crippen molar-refractivity contribution >= 4 is 41.1 Å². The van der Waals surface area contributed by atoms with Gasteiger partial charge >= 0.3 is 6.09 Å². The molecule has 0 aliphatic carbocycles. The molecule has 3 aromatic rings. The number of nitrogens with zero attached hydrogens (tertiary/aromatic N) is 8. The minimum Gasteiger partial charge on any atom is -0.449 e. The van der Waals surface area contributed by atoms with Gasteiger partial charge in [-0.25, -0.2) is 14.8 Å². The molecule has 0 bridgehead atoms. The predicted octanol–water partition coefficient (Wildman–Crippen LogP) is 3.06. The summed E-state index contributed by atoms with van der Waals surface area (Å²) in [6.07, 6.45) is 1.90. The molecule has 2 amide bonds. The number of hydrogen-bond donors (Lipinski definition) is 2. The van der Waals surface area contributed by atoms with E-state index in [9.17, 15) is 9.59 Å². The molecule has 208 valence electrons. The van der Waals surface area contributed by atoms with Gasteiger partial charge in [-0.3, -0.25) is 9.69 Å². The quantitative estimate of drug-likeness (QED) is 0.481. The third kappa shape index (κ3) is 7.12. The Kier molecular flexibility index (Phi) is 8.17. The fourth-order valence-electron chi connectivity index (χ4n) is 4.01. The molecular weight excluding hydrogens is 500 g/mol. The molecular formula is C26H36N10O3. The molecule has 1 aliphatic heterocycles. The second kappa shape index (κ2) is 11.5. The first kappa shape index (κ1) is 27.6. The number of anilines is 5. The Morgan fingerprint density at radius 2 is 1.79 bits per heavy atom. The van der Waals surface area contributed by atoms with Crippen LogP contribution in [0.3, 0.4) is 0 Å². The smallest absolute Gasteiger partial charge is 0.414 e. The van der Waals surface area contributed by atoms with Crippen molar-refractivity contribution in [3.63, 3.8) is 0 Å². The van der Waals surface area contributed by atoms with Crippen LogP contribution in [0.2, 0.25) is 0 Å². The molecule has 13 heteroatoms. The van der Waals surface area contributed by atoms with Crippen LogP contribution in [0.1, 0.15) is 34.1 Å². The van der Waals surface area contributed by atoms with Crippen molar-refractivity contribution in [2.24, 2.45) is 5.41 Å². The highest BCUT2D eigenvalue weighted by Gasteiger charge is 2.20. The van der Waals surface area contributed by atoms with Gasteiger partial charge in [0.1, 0.15) is 12.1 Å². The molecule has 39 heavy (non-hydrogen) atoms. The van der Waals surface area contributed by atoms with E-state index in [1.54, 1.807) is 26.1 Å². The van der Waals surface area contributed by atoms with Crippen LogP contribution in [0.25, 0.3) is 5.82 Å². The second-order valence-corrected chi connectivity index (χ2v) is 10.6. The first-order valence-corrected chi connectivity index (χ1v) is 12.8. The first-order chi connectivity index (χ1) is 18.5. The summed E-state index contributed by atoms with van der Waals surface area (Å²) in [5.74, 6) is 1.76. The molecule has 0 unspecified atom stereocenters. The van der Waals surface area contributed by atoms with Crippen LogP contribution in [-0.2, 0) is 9.53 Å². The lowest BCUT2D eigenvalue weighted by Gasteiger charge is -2.22. The van der Waals surface area contributed by atoms with Crippen molar-refractivity contribution in [2.75, 3.05) is 60.7 Å². The van der Waals surface area contributed by atoms with Gasteiger partial charge in [0.15, 0.2) is 5.82 Å². The van der Waals surface area contributed by atoms with E-state index < -0.39 is 6.09 Å². The number of ether oxygens (including phenoxy) is 1. The lowest BCUT2D eigenvalue weighted by atomic mass is 9.99. The maximum absolute atomic E-state index is 12.3. The van der Waals surface area contributed by atoms with Gasteiger partial charge in [-0.05, 0) is 36.1 Å². The van der Waals surface area contributed by atoms with Crippen LogP contribution < -0.4 is 20.9 Å². The topological polar surface area (TPSA) is 148 Å². The summed E-state index contributed by atoms with van der Waals surface area (Å²) in [6.45, 7) is 10.8. The van der Waals surface area contributed by atoms with Crippen molar-refractivity contribution in [1.82, 2.24) is 29.6 Å². The maximum Gasteiger partial charge on any atom is 0.414 e. The summed E-state index contributed by atoms with van der Waals surface area (Å²) < 4.78 is 6.82. The van der Waals surface area contributed by atoms with E-state index in [1.807, 2.05) is 43.9 Å². The van der Waals surface area contributed by atoms with Gasteiger partial charge in [-0.15, -0.1) is 5.10 Å². The molecule has 1 fully saturated rings. The standard InChI is InChI=1S/C26H36N10O3/c1-18(37)34-11-6-12-35(14-13-34)21-15-22(29-17-28-21)36-23(27)31-24(32-36)30-19-7-9-20(10-8-19)33(5)25(38)39-16-26(2,3)4/h7-10,15,17H,6,11-14,16H2,1-5H3,(H3,27,30,31,32). The van der Waals surface area contributed by atoms with Gasteiger partial charge in [0.05, 0.1) is 6.61 Å². The van der Waals surface area contributed by atoms with Crippen LogP contribution >= 0.6 is 0 Å². The van der Waals surface area contributed by atoms with Gasteiger partial charge in [0, 0.05) is 57.6 Å². The molecule has 3 heterocycles. The molecule has 0 saturated carbocycles. The Labute approximate surface area is 228 Å². The van der Waals surface area contributed by atoms with E-state index in [-0.39, 0.29) is 17.3 Å². The lowest BCUT2D eigenvalue weighted by Crippen LogP contribution is -2.33. The second-order valence-electron chi connectivity index (χ2n) is 10.6. The number of aromatic nitrogens is 5. The third-order valence-electron chi connectivity index (χ3n) is 6.17. The Bertz CT molecular complexity index is 1300. The summed E-state index contributed by atoms with van der Waals surface area (Å²) in [5, 5.41) is 7.60. The maximum atomic E-state index is 12.3. The third-order valence-corrected chi connectivity index (χ3v) is 6.17. The minimum absolute atomic E-state index is 0.0795. The van der Waals surface area contributed by atoms with Gasteiger partial charge in [-0.1, -0.05) is 20.8 Å². The van der Waals surface area contributed by atoms with E-state index >= 15 is 0 Å². The highest BCUT2D eigenvalue weighted by Crippen LogP contribution is 2.23. The average Bonchev–Trinajstić information content (AvgIpc) is 3.10. The Balaban J connectivity index is 1.42. The van der Waals surface area contributed by atoms with Crippen molar-refractivity contribution in [3.8, 4) is 5.82 Å². The normalized spacial score (nSPS) is 14.1. The van der Waals surface area contributed by atoms with Crippen LogP contribution in [0.5, 0.6) is 0 Å². The number of rotatable bonds is 6. The van der Waals surface area contributed by atoms with Gasteiger partial charge < -0.3 is 25.6 Å². The van der Waals surface area contributed by atoms with E-state index in [0.29, 0.717) is 37.1 Å². The predicted molar refractivity (Wildman–Crippen MR) is 149 cm³/mol. The Hall–Kier alpha value is -4.42. The molecule has 13 nitrogen and oxygen atoms in total. The zero-order valence-electron chi connectivity index (χ0n) is 23.1. The van der Waals surface area contributed by atoms with Gasteiger partial charge in [0.25, 0.3) is 0 Å². The number of hydrogen-bond acceptors (Lipinski definition) is 10. The highest BCUT2D eigenvalue weighted by molar-refractivity contribution is 5.87. The van der Waals surface area contributed by atoms with E-state index in [2.05, 4.69) is 30.3 Å². The molecule has 1 saturated heterocycles. The number of nitrogen functional groups attached to an aromatic ring is 1. The molecule has 1 aromatic carbocycles. The molecule has 2 aromatic heterocycles. The summed E-state index contributed by atoms with van der Waals surface area (Å²) in [7, 11) is 1.66. The molecule has 4 rings (SSSR count). The van der Waals surface area contributed by atoms with E-state index in [0.717, 1.165) is 31.0 Å². The summed E-state index contributed by atoms with van der Waals surface area (Å²) in [5.41, 5.74) is 7.46. The van der Waals surface area contributed by atoms with Crippen molar-refractivity contribution < 1.29 is 14.3 Å². The average molecular weight is 537 g/mol. The number of benzene rings is 1. The van der Waals surface area contributed by atoms with Crippen molar-refractivity contribution in [1.29, 1.82) is 0 Å². The fraction of sp³-hybridized carbons (Fsp3) is 0.462. The van der Waals surface area contributed by atoms with Crippen molar-refractivity contribution in [3.05, 3.63) is 36.7 Å². The summed E-state index contributed by atoms with van der Waals surface area (Å²) in [6, 6.07) is 9.03. The van der Waals surface area contributed by atoms with Crippen LogP contribution in [0, 0.1) is 5.41 Å². The molecule has 1 aliphatic rings. The summed E-state index contributed by atoms with van der Waals surface area (Å²) in [4.78, 5) is 42.6. The molecule has 0 spiro atoms. The minimum atomic E-state index is -0.417. The Morgan fingerprint density at radius 1 is 1.08 bits per heavy atom. The lowest BCUT2D eigenvalue weighted by molar-refractivity contribution is -0.128. The Morgan fingerprint density at radius 3 is 2.49 bits per heavy atom. The summed E-state index contributed by atoms with van der Waals surface area (Å²) >= 11 is 0. The number of nitrogens with one attached hydrogen (secondary N) is 1. The van der Waals surface area contributed by atoms with E-state index in [1.165, 1.54) is 15.9 Å². The monoisotopic (exact) mass is 536 g/mol. The highest BCUT2D eigenvalue weighted by atomic mass is 16.6. The van der Waals surface area contributed by atoms with Crippen LogP contribution in [0.4, 0.5) is 33.9 Å². The van der Waals surface area contributed by atoms with Crippen molar-refractivity contribution in [2.45, 2.75) is 34.1 Å². The number of nitrogens with two attached hydrogens (primary N) is 1. The fourth-order valence-corrected chi connectivity index (χ4v) is 4.01. The number of amides is 2. The van der Waals surface area contributed by atoms with E-state index in [4.69, 9.17) is 10.5 Å². The van der Waals surface area contributed by atoms with Gasteiger partial charge in [-0.2, -0.15) is 9.67 Å².